The van der Waals surface area contributed by atoms with Gasteiger partial charge in [0.1, 0.15) is 12.7 Å². The van der Waals surface area contributed by atoms with Gasteiger partial charge in [-0.15, -0.1) is 0 Å². The van der Waals surface area contributed by atoms with Crippen LogP contribution in [0.15, 0.2) is 12.2 Å². The lowest BCUT2D eigenvalue weighted by molar-refractivity contribution is -0.148. The number of hydrogen-bond acceptors (Lipinski definition) is 7. The summed E-state index contributed by atoms with van der Waals surface area (Å²) in [5, 5.41) is 0. The fraction of sp³-hybridized carbons (Fsp3) is 0.875. The molecule has 33 heavy (non-hydrogen) atoms. The Bertz CT molecular complexity index is 535. The molecular weight excluding hydrogens is 461 g/mol. The van der Waals surface area contributed by atoms with Gasteiger partial charge in [-0.2, -0.15) is 0 Å². The number of hydrogen-bond donors (Lipinski definition) is 2. The van der Waals surface area contributed by atoms with E-state index in [0.717, 1.165) is 25.7 Å². The number of carbonyl (C=O) groups excluding carboxylic acids is 1. The summed E-state index contributed by atoms with van der Waals surface area (Å²) in [5.74, 6) is -0.252. The first-order valence-corrected chi connectivity index (χ1v) is 15.2. The summed E-state index contributed by atoms with van der Waals surface area (Å²) >= 11 is 4.86. The van der Waals surface area contributed by atoms with E-state index in [4.69, 9.17) is 36.1 Å². The van der Waals surface area contributed by atoms with Crippen molar-refractivity contribution < 1.29 is 28.2 Å². The maximum atomic E-state index is 11.9. The largest absolute Gasteiger partial charge is 0.463 e. The zero-order valence-corrected chi connectivity index (χ0v) is 22.6. The number of rotatable bonds is 24. The van der Waals surface area contributed by atoms with E-state index in [-0.39, 0.29) is 32.3 Å². The van der Waals surface area contributed by atoms with E-state index in [9.17, 15) is 9.69 Å². The van der Waals surface area contributed by atoms with Crippen LogP contribution < -0.4 is 5.73 Å². The van der Waals surface area contributed by atoms with Crippen molar-refractivity contribution in [3.05, 3.63) is 12.2 Å². The molecule has 0 aliphatic rings. The minimum atomic E-state index is -3.34. The quantitative estimate of drug-likeness (QED) is 0.0730. The van der Waals surface area contributed by atoms with Crippen LogP contribution in [0, 0.1) is 0 Å². The summed E-state index contributed by atoms with van der Waals surface area (Å²) in [6.07, 6.45) is 20.4. The lowest BCUT2D eigenvalue weighted by Crippen LogP contribution is -2.25. The third-order valence-electron chi connectivity index (χ3n) is 5.20. The van der Waals surface area contributed by atoms with Gasteiger partial charge < -0.3 is 29.1 Å². The normalized spacial score (nSPS) is 14.4. The number of unbranched alkanes of at least 4 members (excludes halogenated alkanes) is 11. The van der Waals surface area contributed by atoms with Gasteiger partial charge in [0.25, 0.3) is 0 Å². The Morgan fingerprint density at radius 2 is 1.52 bits per heavy atom. The van der Waals surface area contributed by atoms with Crippen LogP contribution in [0.25, 0.3) is 0 Å². The average molecular weight is 510 g/mol. The predicted molar refractivity (Wildman–Crippen MR) is 139 cm³/mol. The first kappa shape index (κ1) is 32.7. The van der Waals surface area contributed by atoms with Gasteiger partial charge in [0.15, 0.2) is 0 Å². The van der Waals surface area contributed by atoms with Crippen molar-refractivity contribution in [3.63, 3.8) is 0 Å². The highest BCUT2D eigenvalue weighted by molar-refractivity contribution is 8.07. The molecule has 0 saturated carbocycles. The summed E-state index contributed by atoms with van der Waals surface area (Å²) in [6, 6.07) is 0. The Kier molecular flexibility index (Phi) is 23.2. The molecule has 0 fully saturated rings. The summed E-state index contributed by atoms with van der Waals surface area (Å²) in [7, 11) is 1.48. The molecule has 0 saturated heterocycles. The van der Waals surface area contributed by atoms with Gasteiger partial charge in [-0.05, 0) is 43.9 Å². The second-order valence-electron chi connectivity index (χ2n) is 8.26. The topological polar surface area (TPSA) is 100 Å². The number of carbonyl (C=O) groups is 1. The zero-order chi connectivity index (χ0) is 24.6. The molecule has 9 heteroatoms. The van der Waals surface area contributed by atoms with E-state index < -0.39 is 12.8 Å². The number of ether oxygens (including phenoxy) is 2. The van der Waals surface area contributed by atoms with Crippen LogP contribution in [0.1, 0.15) is 96.8 Å². The number of allylic oxidation sites excluding steroid dienone is 2. The molecule has 0 bridgehead atoms. The standard InChI is InChI=1S/C24H48NO6PS/c1-3-4-5-6-7-8-9-10-11-12-13-14-15-16-17-18-24(26)29-21-23(28-2)22-31-32(27,33)30-20-19-25/h10-11,23H,3-9,12-22,25H2,1-2H3,(H,27,33)/b11-10-. The van der Waals surface area contributed by atoms with E-state index in [2.05, 4.69) is 19.1 Å². The van der Waals surface area contributed by atoms with Gasteiger partial charge in [0.2, 0.25) is 0 Å². The van der Waals surface area contributed by atoms with E-state index in [1.165, 1.54) is 64.9 Å². The average Bonchev–Trinajstić information content (AvgIpc) is 2.80. The van der Waals surface area contributed by atoms with E-state index in [0.29, 0.717) is 6.42 Å². The minimum Gasteiger partial charge on any atom is -0.463 e. The minimum absolute atomic E-state index is 0.0183. The fourth-order valence-electron chi connectivity index (χ4n) is 3.16. The molecule has 0 aromatic carbocycles. The SMILES string of the molecule is CCCCCCCC/C=C\CCCCCCCC(=O)OCC(COP(O)(=S)OCCN)OC. The van der Waals surface area contributed by atoms with Crippen molar-refractivity contribution in [2.45, 2.75) is 103 Å². The molecule has 2 atom stereocenters. The maximum Gasteiger partial charge on any atom is 0.324 e. The summed E-state index contributed by atoms with van der Waals surface area (Å²) < 4.78 is 20.6. The first-order valence-electron chi connectivity index (χ1n) is 12.6. The van der Waals surface area contributed by atoms with Crippen molar-refractivity contribution in [3.8, 4) is 0 Å². The van der Waals surface area contributed by atoms with Crippen LogP contribution in [0.5, 0.6) is 0 Å². The molecule has 0 heterocycles. The monoisotopic (exact) mass is 509 g/mol. The molecule has 0 spiro atoms. The summed E-state index contributed by atoms with van der Waals surface area (Å²) in [4.78, 5) is 21.7. The van der Waals surface area contributed by atoms with Crippen LogP contribution in [0.3, 0.4) is 0 Å². The second-order valence-corrected chi connectivity index (χ2v) is 11.1. The predicted octanol–water partition coefficient (Wildman–Crippen LogP) is 5.79. The van der Waals surface area contributed by atoms with Gasteiger partial charge >= 0.3 is 12.7 Å². The number of nitrogens with two attached hydrogens (primary N) is 1. The fourth-order valence-corrected chi connectivity index (χ4v) is 4.34. The lowest BCUT2D eigenvalue weighted by Gasteiger charge is -2.20. The van der Waals surface area contributed by atoms with Crippen molar-refractivity contribution in [1.29, 1.82) is 0 Å². The highest BCUT2D eigenvalue weighted by Gasteiger charge is 2.19. The van der Waals surface area contributed by atoms with Crippen LogP contribution in [0.4, 0.5) is 0 Å². The smallest absolute Gasteiger partial charge is 0.324 e. The van der Waals surface area contributed by atoms with Crippen molar-refractivity contribution in [2.75, 3.05) is 33.5 Å². The van der Waals surface area contributed by atoms with Crippen molar-refractivity contribution >= 4 is 24.5 Å². The Labute approximate surface area is 207 Å². The van der Waals surface area contributed by atoms with Crippen molar-refractivity contribution in [1.82, 2.24) is 0 Å². The molecule has 196 valence electrons. The molecule has 0 amide bonds. The summed E-state index contributed by atoms with van der Waals surface area (Å²) in [6.45, 7) is -0.697. The van der Waals surface area contributed by atoms with Crippen LogP contribution >= 0.6 is 6.72 Å². The maximum absolute atomic E-state index is 11.9. The molecule has 0 rings (SSSR count). The molecule has 0 aromatic rings. The van der Waals surface area contributed by atoms with Gasteiger partial charge in [-0.1, -0.05) is 70.4 Å². The molecule has 2 unspecified atom stereocenters. The van der Waals surface area contributed by atoms with E-state index in [1.807, 2.05) is 0 Å². The van der Waals surface area contributed by atoms with Crippen LogP contribution in [-0.2, 0) is 35.1 Å². The van der Waals surface area contributed by atoms with Gasteiger partial charge in [-0.25, -0.2) is 0 Å². The molecule has 0 radical (unpaired) electrons. The van der Waals surface area contributed by atoms with E-state index in [1.54, 1.807) is 0 Å². The second kappa shape index (κ2) is 23.4. The number of esters is 1. The van der Waals surface area contributed by atoms with Crippen LogP contribution in [0.2, 0.25) is 0 Å². The highest BCUT2D eigenvalue weighted by atomic mass is 32.5. The van der Waals surface area contributed by atoms with Crippen molar-refractivity contribution in [2.24, 2.45) is 5.73 Å². The van der Waals surface area contributed by atoms with Gasteiger partial charge in [0.05, 0.1) is 13.2 Å². The number of methoxy groups -OCH3 is 1. The zero-order valence-electron chi connectivity index (χ0n) is 20.9. The molecule has 3 N–H and O–H groups in total. The van der Waals surface area contributed by atoms with Gasteiger partial charge in [0, 0.05) is 20.1 Å². The Morgan fingerprint density at radius 3 is 2.09 bits per heavy atom. The molecule has 7 nitrogen and oxygen atoms in total. The van der Waals surface area contributed by atoms with Gasteiger partial charge in [-0.3, -0.25) is 4.79 Å². The molecule has 0 aliphatic heterocycles. The van der Waals surface area contributed by atoms with Crippen LogP contribution in [-0.4, -0.2) is 50.4 Å². The Hall–Kier alpha value is -0.340. The Balaban J connectivity index is 3.60. The third-order valence-corrected chi connectivity index (χ3v) is 6.82. The van der Waals surface area contributed by atoms with E-state index >= 15 is 0 Å². The highest BCUT2D eigenvalue weighted by Crippen LogP contribution is 2.43. The Morgan fingerprint density at radius 1 is 0.939 bits per heavy atom. The molecular formula is C24H48NO6PS. The summed E-state index contributed by atoms with van der Waals surface area (Å²) in [5.41, 5.74) is 5.31. The first-order chi connectivity index (χ1) is 15.9. The third kappa shape index (κ3) is 23.2. The lowest BCUT2D eigenvalue weighted by atomic mass is 10.1. The molecule has 0 aromatic heterocycles. The molecule has 0 aliphatic carbocycles.